The number of hydrogen-bond donors (Lipinski definition) is 2. The van der Waals surface area contributed by atoms with Gasteiger partial charge in [0.1, 0.15) is 11.4 Å². The smallest absolute Gasteiger partial charge is 0.319 e. The van der Waals surface area contributed by atoms with Gasteiger partial charge in [-0.05, 0) is 43.9 Å². The molecular formula is C26H26FN7O3S. The normalized spacial score (nSPS) is 15.1. The van der Waals surface area contributed by atoms with Crippen molar-refractivity contribution < 1.29 is 18.7 Å². The molecule has 12 heteroatoms. The number of urea groups is 1. The Bertz CT molecular complexity index is 1490. The summed E-state index contributed by atoms with van der Waals surface area (Å²) in [5, 5.41) is 13.9. The van der Waals surface area contributed by atoms with E-state index in [0.717, 1.165) is 48.3 Å². The number of hydrogen-bond acceptors (Lipinski definition) is 7. The first-order valence-electron chi connectivity index (χ1n) is 12.6. The van der Waals surface area contributed by atoms with Crippen LogP contribution in [0.1, 0.15) is 32.1 Å². The molecule has 1 aliphatic heterocycles. The Kier molecular flexibility index (Phi) is 6.62. The molecule has 0 unspecified atom stereocenters. The summed E-state index contributed by atoms with van der Waals surface area (Å²) in [4.78, 5) is 31.4. The second-order valence-corrected chi connectivity index (χ2v) is 10.5. The molecule has 6 rings (SSSR count). The first-order valence-corrected chi connectivity index (χ1v) is 13.5. The highest BCUT2D eigenvalue weighted by molar-refractivity contribution is 7.22. The number of rotatable bonds is 8. The number of benzene rings is 1. The molecule has 0 atom stereocenters. The van der Waals surface area contributed by atoms with Crippen molar-refractivity contribution in [2.75, 3.05) is 18.4 Å². The predicted octanol–water partition coefficient (Wildman–Crippen LogP) is 4.78. The zero-order valence-corrected chi connectivity index (χ0v) is 21.3. The van der Waals surface area contributed by atoms with Crippen LogP contribution < -0.4 is 15.4 Å². The highest BCUT2D eigenvalue weighted by Gasteiger charge is 2.23. The maximum Gasteiger partial charge on any atom is 0.319 e. The predicted molar refractivity (Wildman–Crippen MR) is 141 cm³/mol. The van der Waals surface area contributed by atoms with Crippen molar-refractivity contribution in [3.05, 3.63) is 48.5 Å². The minimum atomic E-state index is -0.595. The van der Waals surface area contributed by atoms with Crippen molar-refractivity contribution in [1.29, 1.82) is 0 Å². The monoisotopic (exact) mass is 535 g/mol. The number of aromatic nitrogens is 4. The van der Waals surface area contributed by atoms with E-state index >= 15 is 0 Å². The maximum atomic E-state index is 14.8. The zero-order valence-electron chi connectivity index (χ0n) is 20.5. The van der Waals surface area contributed by atoms with Crippen LogP contribution in [0.25, 0.3) is 20.8 Å². The number of carbonyl (C=O) groups excluding carboxylic acids is 2. The van der Waals surface area contributed by atoms with Crippen LogP contribution >= 0.6 is 11.3 Å². The van der Waals surface area contributed by atoms with E-state index in [2.05, 4.69) is 25.9 Å². The van der Waals surface area contributed by atoms with Crippen LogP contribution in [0.2, 0.25) is 0 Å². The van der Waals surface area contributed by atoms with Crippen LogP contribution in [0.3, 0.4) is 0 Å². The van der Waals surface area contributed by atoms with E-state index < -0.39 is 5.82 Å². The molecule has 0 spiro atoms. The number of aryl methyl sites for hydroxylation is 1. The van der Waals surface area contributed by atoms with Crippen molar-refractivity contribution in [2.45, 2.75) is 44.7 Å². The average Bonchev–Trinajstić information content (AvgIpc) is 3.33. The number of amides is 3. The second kappa shape index (κ2) is 10.4. The van der Waals surface area contributed by atoms with Gasteiger partial charge in [0.25, 0.3) is 0 Å². The van der Waals surface area contributed by atoms with Gasteiger partial charge in [0.05, 0.1) is 27.8 Å². The molecule has 196 valence electrons. The van der Waals surface area contributed by atoms with Crippen LogP contribution in [0.15, 0.2) is 42.7 Å². The van der Waals surface area contributed by atoms with Gasteiger partial charge in [0.15, 0.2) is 11.6 Å². The van der Waals surface area contributed by atoms with Crippen molar-refractivity contribution in [3.63, 3.8) is 0 Å². The van der Waals surface area contributed by atoms with Gasteiger partial charge in [-0.1, -0.05) is 5.21 Å². The Morgan fingerprint density at radius 3 is 2.76 bits per heavy atom. The minimum absolute atomic E-state index is 0.0363. The number of pyridine rings is 1. The number of halogens is 1. The Hall–Kier alpha value is -4.06. The van der Waals surface area contributed by atoms with Crippen molar-refractivity contribution in [2.24, 2.45) is 0 Å². The SMILES string of the molecule is O=C(Nc1ccc(Oc2ccnc3cc(-c4cn(CCC(=O)N5CCCC5)nn4)sc23)c(F)c1)NC1CC1. The van der Waals surface area contributed by atoms with E-state index in [9.17, 15) is 14.0 Å². The summed E-state index contributed by atoms with van der Waals surface area (Å²) in [6.45, 7) is 2.14. The Labute approximate surface area is 221 Å². The Balaban J connectivity index is 1.14. The summed E-state index contributed by atoms with van der Waals surface area (Å²) in [5.74, 6) is 0.0440. The number of ether oxygens (including phenoxy) is 1. The van der Waals surface area contributed by atoms with Gasteiger partial charge >= 0.3 is 6.03 Å². The molecule has 38 heavy (non-hydrogen) atoms. The number of likely N-dealkylation sites (tertiary alicyclic amines) is 1. The summed E-state index contributed by atoms with van der Waals surface area (Å²) in [6, 6.07) is 7.73. The minimum Gasteiger partial charge on any atom is -0.453 e. The van der Waals surface area contributed by atoms with Crippen molar-refractivity contribution >= 4 is 39.2 Å². The fourth-order valence-electron chi connectivity index (χ4n) is 4.34. The van der Waals surface area contributed by atoms with Crippen LogP contribution in [0, 0.1) is 5.82 Å². The molecule has 3 aromatic heterocycles. The third-order valence-electron chi connectivity index (χ3n) is 6.50. The number of thiophene rings is 1. The Morgan fingerprint density at radius 2 is 1.97 bits per heavy atom. The molecule has 4 aromatic rings. The summed E-state index contributed by atoms with van der Waals surface area (Å²) in [6.07, 6.45) is 7.88. The van der Waals surface area contributed by atoms with Gasteiger partial charge in [-0.15, -0.1) is 16.4 Å². The maximum absolute atomic E-state index is 14.8. The average molecular weight is 536 g/mol. The first-order chi connectivity index (χ1) is 18.5. The van der Waals surface area contributed by atoms with Gasteiger partial charge in [0.2, 0.25) is 5.91 Å². The Morgan fingerprint density at radius 1 is 1.13 bits per heavy atom. The van der Waals surface area contributed by atoms with E-state index in [1.54, 1.807) is 23.0 Å². The van der Waals surface area contributed by atoms with Crippen LogP contribution in [-0.4, -0.2) is 55.9 Å². The van der Waals surface area contributed by atoms with Gasteiger partial charge in [0, 0.05) is 49.6 Å². The molecule has 0 radical (unpaired) electrons. The molecule has 10 nitrogen and oxygen atoms in total. The lowest BCUT2D eigenvalue weighted by Crippen LogP contribution is -2.30. The summed E-state index contributed by atoms with van der Waals surface area (Å²) in [7, 11) is 0. The molecular weight excluding hydrogens is 509 g/mol. The quantitative estimate of drug-likeness (QED) is 0.336. The second-order valence-electron chi connectivity index (χ2n) is 9.46. The topological polar surface area (TPSA) is 114 Å². The lowest BCUT2D eigenvalue weighted by molar-refractivity contribution is -0.130. The number of fused-ring (bicyclic) bond motifs is 1. The van der Waals surface area contributed by atoms with Gasteiger partial charge in [-0.25, -0.2) is 9.18 Å². The summed E-state index contributed by atoms with van der Waals surface area (Å²) < 4.78 is 23.1. The molecule has 1 saturated carbocycles. The molecule has 3 amide bonds. The number of carbonyl (C=O) groups is 2. The van der Waals surface area contributed by atoms with E-state index in [0.29, 0.717) is 35.6 Å². The van der Waals surface area contributed by atoms with E-state index in [1.807, 2.05) is 17.2 Å². The van der Waals surface area contributed by atoms with Crippen LogP contribution in [0.5, 0.6) is 11.5 Å². The lowest BCUT2D eigenvalue weighted by atomic mass is 10.3. The highest BCUT2D eigenvalue weighted by atomic mass is 32.1. The first kappa shape index (κ1) is 24.3. The molecule has 1 aromatic carbocycles. The molecule has 1 saturated heterocycles. The number of nitrogens with zero attached hydrogens (tertiary/aromatic N) is 5. The standard InChI is InChI=1S/C26H26FN7O3S/c27-18-13-17(30-26(36)29-16-3-4-16)5-6-21(18)37-22-7-9-28-19-14-23(38-25(19)22)20-15-34(32-31-20)12-8-24(35)33-10-1-2-11-33/h5-7,9,13-16H,1-4,8,10-12H2,(H2,29,30,36). The summed E-state index contributed by atoms with van der Waals surface area (Å²) >= 11 is 1.42. The van der Waals surface area contributed by atoms with E-state index in [1.165, 1.54) is 23.5 Å². The van der Waals surface area contributed by atoms with Crippen LogP contribution in [0.4, 0.5) is 14.9 Å². The van der Waals surface area contributed by atoms with Gasteiger partial charge in [-0.3, -0.25) is 14.5 Å². The molecule has 4 heterocycles. The highest BCUT2D eigenvalue weighted by Crippen LogP contribution is 2.39. The number of nitrogens with one attached hydrogen (secondary N) is 2. The fourth-order valence-corrected chi connectivity index (χ4v) is 5.35. The molecule has 2 fully saturated rings. The van der Waals surface area contributed by atoms with E-state index in [-0.39, 0.29) is 23.7 Å². The van der Waals surface area contributed by atoms with E-state index in [4.69, 9.17) is 4.74 Å². The lowest BCUT2D eigenvalue weighted by Gasteiger charge is -2.14. The molecule has 2 N–H and O–H groups in total. The zero-order chi connectivity index (χ0) is 26.1. The van der Waals surface area contributed by atoms with Gasteiger partial charge in [-0.2, -0.15) is 0 Å². The summed E-state index contributed by atoms with van der Waals surface area (Å²) in [5.41, 5.74) is 1.70. The van der Waals surface area contributed by atoms with Crippen molar-refractivity contribution in [1.82, 2.24) is 30.2 Å². The number of anilines is 1. The third-order valence-corrected chi connectivity index (χ3v) is 7.66. The molecule has 1 aliphatic carbocycles. The van der Waals surface area contributed by atoms with Crippen LogP contribution in [-0.2, 0) is 11.3 Å². The van der Waals surface area contributed by atoms with Gasteiger partial charge < -0.3 is 20.3 Å². The van der Waals surface area contributed by atoms with Crippen molar-refractivity contribution in [3.8, 4) is 22.1 Å². The molecule has 0 bridgehead atoms. The largest absolute Gasteiger partial charge is 0.453 e. The fraction of sp³-hybridized carbons (Fsp3) is 0.346. The molecule has 2 aliphatic rings. The third kappa shape index (κ3) is 5.44.